The molecule has 2 aromatic heterocycles. The molecule has 0 bridgehead atoms. The smallest absolute Gasteiger partial charge is 0.222 e. The fourth-order valence-electron chi connectivity index (χ4n) is 2.63. The van der Waals surface area contributed by atoms with Crippen molar-refractivity contribution in [3.8, 4) is 0 Å². The average Bonchev–Trinajstić information content (AvgIpc) is 2.75. The lowest BCUT2D eigenvalue weighted by Gasteiger charge is -2.25. The second-order valence-corrected chi connectivity index (χ2v) is 5.11. The summed E-state index contributed by atoms with van der Waals surface area (Å²) in [4.78, 5) is 8.23. The van der Waals surface area contributed by atoms with Gasteiger partial charge in [0.1, 0.15) is 0 Å². The van der Waals surface area contributed by atoms with Crippen molar-refractivity contribution < 1.29 is 0 Å². The Bertz CT molecular complexity index is 540. The predicted octanol–water partition coefficient (Wildman–Crippen LogP) is 0.926. The Hall–Kier alpha value is -1.69. The van der Waals surface area contributed by atoms with Crippen LogP contribution in [0.15, 0.2) is 12.4 Å². The molecular weight excluding hydrogens is 228 g/mol. The second-order valence-electron chi connectivity index (χ2n) is 5.11. The van der Waals surface area contributed by atoms with E-state index in [9.17, 15) is 0 Å². The predicted molar refractivity (Wildman–Crippen MR) is 69.7 cm³/mol. The van der Waals surface area contributed by atoms with Gasteiger partial charge in [-0.15, -0.1) is 0 Å². The number of nitrogen functional groups attached to an aromatic ring is 1. The van der Waals surface area contributed by atoms with Gasteiger partial charge in [0.15, 0.2) is 5.65 Å². The van der Waals surface area contributed by atoms with Crippen LogP contribution in [0, 0.1) is 5.92 Å². The molecule has 3 rings (SSSR count). The molecule has 6 nitrogen and oxygen atoms in total. The number of nitrogens with zero attached hydrogens (tertiary/aromatic N) is 4. The molecule has 96 valence electrons. The Morgan fingerprint density at radius 2 is 2.00 bits per heavy atom. The van der Waals surface area contributed by atoms with Crippen molar-refractivity contribution in [3.63, 3.8) is 0 Å². The van der Waals surface area contributed by atoms with E-state index in [1.165, 1.54) is 12.8 Å². The van der Waals surface area contributed by atoms with Crippen LogP contribution in [0.2, 0.25) is 0 Å². The number of aromatic nitrogens is 4. The normalized spacial score (nSPS) is 24.5. The number of hydrogen-bond acceptors (Lipinski definition) is 5. The van der Waals surface area contributed by atoms with Gasteiger partial charge in [-0.1, -0.05) is 0 Å². The molecule has 4 N–H and O–H groups in total. The van der Waals surface area contributed by atoms with E-state index in [-0.39, 0.29) is 0 Å². The van der Waals surface area contributed by atoms with E-state index in [0.717, 1.165) is 30.4 Å². The quantitative estimate of drug-likeness (QED) is 0.821. The number of rotatable bonds is 2. The fourth-order valence-corrected chi connectivity index (χ4v) is 2.63. The van der Waals surface area contributed by atoms with Crippen LogP contribution in [0.5, 0.6) is 0 Å². The molecule has 1 aliphatic carbocycles. The van der Waals surface area contributed by atoms with Gasteiger partial charge >= 0.3 is 0 Å². The number of anilines is 1. The summed E-state index contributed by atoms with van der Waals surface area (Å²) in [5.74, 6) is 0.944. The molecule has 0 saturated heterocycles. The van der Waals surface area contributed by atoms with E-state index >= 15 is 0 Å². The lowest BCUT2D eigenvalue weighted by Crippen LogP contribution is -2.28. The number of hydrogen-bond donors (Lipinski definition) is 2. The van der Waals surface area contributed by atoms with E-state index in [4.69, 9.17) is 11.5 Å². The zero-order valence-electron chi connectivity index (χ0n) is 10.3. The minimum atomic E-state index is 0.301. The number of fused-ring (bicyclic) bond motifs is 1. The minimum Gasteiger partial charge on any atom is -0.368 e. The second kappa shape index (κ2) is 4.53. The van der Waals surface area contributed by atoms with Gasteiger partial charge in [0.25, 0.3) is 0 Å². The van der Waals surface area contributed by atoms with E-state index in [2.05, 4.69) is 15.1 Å². The van der Waals surface area contributed by atoms with Crippen molar-refractivity contribution in [1.29, 1.82) is 0 Å². The lowest BCUT2D eigenvalue weighted by atomic mass is 9.86. The Morgan fingerprint density at radius 3 is 2.78 bits per heavy atom. The molecule has 2 aromatic rings. The Morgan fingerprint density at radius 1 is 1.22 bits per heavy atom. The third-order valence-corrected chi connectivity index (χ3v) is 3.72. The van der Waals surface area contributed by atoms with Gasteiger partial charge in [-0.25, -0.2) is 9.67 Å². The molecular formula is C12H18N6. The van der Waals surface area contributed by atoms with Crippen molar-refractivity contribution in [3.05, 3.63) is 12.4 Å². The summed E-state index contributed by atoms with van der Waals surface area (Å²) in [6.45, 7) is 0.896. The van der Waals surface area contributed by atoms with Gasteiger partial charge in [-0.05, 0) is 31.6 Å². The largest absolute Gasteiger partial charge is 0.368 e. The van der Waals surface area contributed by atoms with Crippen LogP contribution < -0.4 is 11.5 Å². The molecule has 0 aromatic carbocycles. The Kier molecular flexibility index (Phi) is 2.87. The molecule has 0 spiro atoms. The Balaban J connectivity index is 1.80. The first-order valence-electron chi connectivity index (χ1n) is 6.42. The number of nitrogens with two attached hydrogens (primary N) is 2. The first kappa shape index (κ1) is 11.4. The third-order valence-electron chi connectivity index (χ3n) is 3.72. The van der Waals surface area contributed by atoms with Crippen molar-refractivity contribution in [2.24, 2.45) is 11.7 Å². The van der Waals surface area contributed by atoms with Crippen molar-refractivity contribution in [1.82, 2.24) is 19.7 Å². The van der Waals surface area contributed by atoms with E-state index < -0.39 is 0 Å². The monoisotopic (exact) mass is 246 g/mol. The van der Waals surface area contributed by atoms with Gasteiger partial charge in [-0.3, -0.25) is 0 Å². The van der Waals surface area contributed by atoms with E-state index in [0.29, 0.717) is 17.9 Å². The lowest BCUT2D eigenvalue weighted by molar-refractivity contribution is 0.288. The third kappa shape index (κ3) is 2.15. The van der Waals surface area contributed by atoms with E-state index in [1.54, 1.807) is 12.4 Å². The fraction of sp³-hybridized carbons (Fsp3) is 0.583. The minimum absolute atomic E-state index is 0.301. The molecule has 0 radical (unpaired) electrons. The van der Waals surface area contributed by atoms with Crippen LogP contribution in [0.25, 0.3) is 11.0 Å². The first-order valence-corrected chi connectivity index (χ1v) is 6.42. The van der Waals surface area contributed by atoms with Crippen molar-refractivity contribution in [2.75, 3.05) is 5.73 Å². The highest BCUT2D eigenvalue weighted by Gasteiger charge is 2.20. The highest BCUT2D eigenvalue weighted by molar-refractivity contribution is 5.74. The molecule has 1 fully saturated rings. The summed E-state index contributed by atoms with van der Waals surface area (Å²) >= 11 is 0. The molecule has 0 unspecified atom stereocenters. The zero-order valence-corrected chi connectivity index (χ0v) is 10.3. The summed E-state index contributed by atoms with van der Waals surface area (Å²) in [5.41, 5.74) is 12.4. The van der Waals surface area contributed by atoms with Crippen molar-refractivity contribution in [2.45, 2.75) is 38.3 Å². The van der Waals surface area contributed by atoms with Crippen LogP contribution in [0.4, 0.5) is 5.95 Å². The summed E-state index contributed by atoms with van der Waals surface area (Å²) < 4.78 is 1.94. The molecule has 1 aliphatic rings. The topological polar surface area (TPSA) is 95.6 Å². The van der Waals surface area contributed by atoms with Crippen LogP contribution in [0.3, 0.4) is 0 Å². The molecule has 6 heteroatoms. The average molecular weight is 246 g/mol. The van der Waals surface area contributed by atoms with Gasteiger partial charge < -0.3 is 11.5 Å². The van der Waals surface area contributed by atoms with Gasteiger partial charge in [0.2, 0.25) is 5.95 Å². The molecule has 0 amide bonds. The Labute approximate surface area is 105 Å². The molecule has 0 aliphatic heterocycles. The van der Waals surface area contributed by atoms with Crippen molar-refractivity contribution >= 4 is 17.0 Å². The highest BCUT2D eigenvalue weighted by atomic mass is 15.3. The maximum Gasteiger partial charge on any atom is 0.222 e. The first-order chi connectivity index (χ1) is 8.72. The summed E-state index contributed by atoms with van der Waals surface area (Å²) in [6, 6.07) is 0.383. The van der Waals surface area contributed by atoms with Crippen LogP contribution >= 0.6 is 0 Å². The van der Waals surface area contributed by atoms with Gasteiger partial charge in [0, 0.05) is 18.8 Å². The maximum atomic E-state index is 5.92. The van der Waals surface area contributed by atoms with Crippen LogP contribution in [0.1, 0.15) is 25.7 Å². The summed E-state index contributed by atoms with van der Waals surface area (Å²) in [5, 5.41) is 5.32. The summed E-state index contributed by atoms with van der Waals surface area (Å²) in [6.07, 6.45) is 8.08. The molecule has 18 heavy (non-hydrogen) atoms. The standard InChI is InChI=1S/C12H18N6/c13-10-3-1-8(2-4-10)7-18-11-9(6-16-18)5-15-12(14)17-11/h5-6,8,10H,1-4,7,13H2,(H2,14,15,17). The molecule has 2 heterocycles. The summed E-state index contributed by atoms with van der Waals surface area (Å²) in [7, 11) is 0. The molecule has 1 saturated carbocycles. The maximum absolute atomic E-state index is 5.92. The van der Waals surface area contributed by atoms with E-state index in [1.807, 2.05) is 4.68 Å². The SMILES string of the molecule is Nc1ncc2cnn(CC3CCC(N)CC3)c2n1. The van der Waals surface area contributed by atoms with Gasteiger partial charge in [-0.2, -0.15) is 10.1 Å². The zero-order chi connectivity index (χ0) is 12.5. The van der Waals surface area contributed by atoms with Gasteiger partial charge in [0.05, 0.1) is 11.6 Å². The van der Waals surface area contributed by atoms with Crippen LogP contribution in [-0.4, -0.2) is 25.8 Å². The molecule has 0 atom stereocenters. The van der Waals surface area contributed by atoms with Crippen LogP contribution in [-0.2, 0) is 6.54 Å². The highest BCUT2D eigenvalue weighted by Crippen LogP contribution is 2.25.